The normalized spacial score (nSPS) is 10.7. The second-order valence-electron chi connectivity index (χ2n) is 7.61. The fourth-order valence-corrected chi connectivity index (χ4v) is 3.58. The molecule has 8 nitrogen and oxygen atoms in total. The average Bonchev–Trinajstić information content (AvgIpc) is 2.82. The van der Waals surface area contributed by atoms with Crippen LogP contribution in [-0.2, 0) is 6.54 Å². The number of amides is 1. The van der Waals surface area contributed by atoms with Crippen molar-refractivity contribution in [3.05, 3.63) is 110 Å². The molecule has 1 aromatic heterocycles. The van der Waals surface area contributed by atoms with Crippen molar-refractivity contribution in [2.75, 3.05) is 12.0 Å². The first-order chi connectivity index (χ1) is 15.9. The summed E-state index contributed by atoms with van der Waals surface area (Å²) in [5.41, 5.74) is 2.61. The molecule has 166 valence electrons. The number of non-ortho nitro benzene ring substituents is 1. The number of fused-ring (bicyclic) bond motifs is 1. The quantitative estimate of drug-likeness (QED) is 0.346. The number of methoxy groups -OCH3 is 1. The summed E-state index contributed by atoms with van der Waals surface area (Å²) in [6.07, 6.45) is 0. The van der Waals surface area contributed by atoms with Gasteiger partial charge < -0.3 is 14.6 Å². The second-order valence-corrected chi connectivity index (χ2v) is 7.61. The summed E-state index contributed by atoms with van der Waals surface area (Å²) in [7, 11) is 1.55. The number of aryl methyl sites for hydroxylation is 1. The van der Waals surface area contributed by atoms with Crippen LogP contribution in [0.3, 0.4) is 0 Å². The molecular formula is C25H21N3O5. The van der Waals surface area contributed by atoms with Gasteiger partial charge in [0.05, 0.1) is 18.6 Å². The molecule has 4 aromatic rings. The van der Waals surface area contributed by atoms with Gasteiger partial charge in [-0.15, -0.1) is 0 Å². The van der Waals surface area contributed by atoms with Gasteiger partial charge in [0.1, 0.15) is 5.75 Å². The van der Waals surface area contributed by atoms with Gasteiger partial charge in [0.25, 0.3) is 17.2 Å². The predicted octanol–water partition coefficient (Wildman–Crippen LogP) is 4.60. The molecule has 0 fully saturated rings. The number of nitrogens with one attached hydrogen (secondary N) is 1. The molecule has 3 aromatic carbocycles. The summed E-state index contributed by atoms with van der Waals surface area (Å²) >= 11 is 0. The molecule has 4 rings (SSSR count). The molecule has 0 aliphatic carbocycles. The maximum Gasteiger partial charge on any atom is 0.269 e. The lowest BCUT2D eigenvalue weighted by Gasteiger charge is -2.23. The highest BCUT2D eigenvalue weighted by atomic mass is 16.6. The molecular weight excluding hydrogens is 422 g/mol. The molecule has 0 aliphatic rings. The van der Waals surface area contributed by atoms with Gasteiger partial charge in [0.2, 0.25) is 0 Å². The van der Waals surface area contributed by atoms with Crippen LogP contribution in [-0.4, -0.2) is 22.9 Å². The number of nitrogens with zero attached hydrogens (tertiary/aromatic N) is 2. The van der Waals surface area contributed by atoms with Gasteiger partial charge >= 0.3 is 0 Å². The van der Waals surface area contributed by atoms with E-state index in [0.717, 1.165) is 10.9 Å². The number of anilines is 1. The number of nitro benzene ring substituents is 1. The zero-order valence-corrected chi connectivity index (χ0v) is 18.1. The molecule has 0 spiro atoms. The van der Waals surface area contributed by atoms with E-state index in [1.54, 1.807) is 37.4 Å². The summed E-state index contributed by atoms with van der Waals surface area (Å²) in [5.74, 6) is 0.235. The van der Waals surface area contributed by atoms with Crippen LogP contribution in [0.4, 0.5) is 11.4 Å². The molecule has 0 aliphatic heterocycles. The smallest absolute Gasteiger partial charge is 0.269 e. The Balaban J connectivity index is 1.76. The van der Waals surface area contributed by atoms with Crippen LogP contribution in [0, 0.1) is 17.0 Å². The molecule has 1 amide bonds. The minimum absolute atomic E-state index is 0.0152. The molecule has 33 heavy (non-hydrogen) atoms. The van der Waals surface area contributed by atoms with E-state index in [1.165, 1.54) is 29.2 Å². The molecule has 1 heterocycles. The number of carbonyl (C=O) groups excluding carboxylic acids is 1. The number of rotatable bonds is 6. The highest BCUT2D eigenvalue weighted by molar-refractivity contribution is 6.06. The Morgan fingerprint density at radius 2 is 1.73 bits per heavy atom. The van der Waals surface area contributed by atoms with Crippen LogP contribution in [0.1, 0.15) is 21.5 Å². The van der Waals surface area contributed by atoms with Crippen molar-refractivity contribution in [3.63, 3.8) is 0 Å². The van der Waals surface area contributed by atoms with Gasteiger partial charge in [0.15, 0.2) is 0 Å². The van der Waals surface area contributed by atoms with Crippen LogP contribution in [0.15, 0.2) is 77.6 Å². The van der Waals surface area contributed by atoms with Crippen molar-refractivity contribution >= 4 is 28.2 Å². The number of benzene rings is 3. The molecule has 0 unspecified atom stereocenters. The number of H-pyrrole nitrogens is 1. The molecule has 0 saturated heterocycles. The Morgan fingerprint density at radius 3 is 2.36 bits per heavy atom. The molecule has 0 saturated carbocycles. The van der Waals surface area contributed by atoms with Crippen LogP contribution >= 0.6 is 0 Å². The van der Waals surface area contributed by atoms with Crippen LogP contribution in [0.25, 0.3) is 10.9 Å². The van der Waals surface area contributed by atoms with Crippen molar-refractivity contribution < 1.29 is 14.5 Å². The lowest BCUT2D eigenvalue weighted by molar-refractivity contribution is -0.384. The largest absolute Gasteiger partial charge is 0.497 e. The fourth-order valence-electron chi connectivity index (χ4n) is 3.58. The topological polar surface area (TPSA) is 106 Å². The molecule has 0 radical (unpaired) electrons. The second kappa shape index (κ2) is 8.96. The van der Waals surface area contributed by atoms with Crippen LogP contribution in [0.5, 0.6) is 5.75 Å². The average molecular weight is 443 g/mol. The molecule has 8 heteroatoms. The first-order valence-corrected chi connectivity index (χ1v) is 10.2. The van der Waals surface area contributed by atoms with E-state index in [0.29, 0.717) is 22.5 Å². The number of carbonyl (C=O) groups is 1. The van der Waals surface area contributed by atoms with Crippen LogP contribution in [0.2, 0.25) is 0 Å². The van der Waals surface area contributed by atoms with E-state index >= 15 is 0 Å². The third kappa shape index (κ3) is 4.59. The minimum Gasteiger partial charge on any atom is -0.497 e. The molecule has 0 bridgehead atoms. The first-order valence-electron chi connectivity index (χ1n) is 10.2. The van der Waals surface area contributed by atoms with Gasteiger partial charge in [-0.2, -0.15) is 0 Å². The van der Waals surface area contributed by atoms with Gasteiger partial charge in [-0.05, 0) is 66.9 Å². The third-order valence-corrected chi connectivity index (χ3v) is 5.36. The van der Waals surface area contributed by atoms with E-state index in [1.807, 2.05) is 25.1 Å². The number of ether oxygens (including phenoxy) is 1. The van der Waals surface area contributed by atoms with Crippen molar-refractivity contribution in [1.29, 1.82) is 0 Å². The summed E-state index contributed by atoms with van der Waals surface area (Å²) in [6, 6.07) is 19.8. The Kier molecular flexibility index (Phi) is 5.91. The van der Waals surface area contributed by atoms with Gasteiger partial charge in [-0.25, -0.2) is 0 Å². The van der Waals surface area contributed by atoms with E-state index in [-0.39, 0.29) is 29.3 Å². The number of nitro groups is 1. The lowest BCUT2D eigenvalue weighted by atomic mass is 10.1. The Hall–Kier alpha value is -4.46. The number of hydrogen-bond donors (Lipinski definition) is 1. The third-order valence-electron chi connectivity index (χ3n) is 5.36. The lowest BCUT2D eigenvalue weighted by Crippen LogP contribution is -2.32. The number of aromatic amines is 1. The van der Waals surface area contributed by atoms with Gasteiger partial charge in [0, 0.05) is 34.5 Å². The van der Waals surface area contributed by atoms with Gasteiger partial charge in [-0.3, -0.25) is 19.7 Å². The van der Waals surface area contributed by atoms with E-state index in [4.69, 9.17) is 4.74 Å². The Morgan fingerprint density at radius 1 is 1.03 bits per heavy atom. The maximum absolute atomic E-state index is 13.4. The zero-order chi connectivity index (χ0) is 23.5. The summed E-state index contributed by atoms with van der Waals surface area (Å²) in [4.78, 5) is 41.0. The van der Waals surface area contributed by atoms with Crippen molar-refractivity contribution in [2.24, 2.45) is 0 Å². The number of pyridine rings is 1. The number of hydrogen-bond acceptors (Lipinski definition) is 5. The summed E-state index contributed by atoms with van der Waals surface area (Å²) in [5, 5.41) is 11.8. The first kappa shape index (κ1) is 21.8. The van der Waals surface area contributed by atoms with Crippen molar-refractivity contribution in [1.82, 2.24) is 4.98 Å². The Labute approximate surface area is 189 Å². The molecule has 1 N–H and O–H groups in total. The van der Waals surface area contributed by atoms with E-state index in [9.17, 15) is 19.7 Å². The monoisotopic (exact) mass is 443 g/mol. The fraction of sp³-hybridized carbons (Fsp3) is 0.120. The van der Waals surface area contributed by atoms with Crippen LogP contribution < -0.4 is 15.2 Å². The highest BCUT2D eigenvalue weighted by Gasteiger charge is 2.21. The minimum atomic E-state index is -0.522. The Bertz CT molecular complexity index is 1390. The highest BCUT2D eigenvalue weighted by Crippen LogP contribution is 2.24. The molecule has 0 atom stereocenters. The summed E-state index contributed by atoms with van der Waals surface area (Å²) < 4.78 is 5.20. The summed E-state index contributed by atoms with van der Waals surface area (Å²) in [6.45, 7) is 1.98. The maximum atomic E-state index is 13.4. The van der Waals surface area contributed by atoms with Gasteiger partial charge in [-0.1, -0.05) is 11.6 Å². The van der Waals surface area contributed by atoms with E-state index < -0.39 is 4.92 Å². The standard InChI is InChI=1S/C25H21N3O5/c1-16-3-12-23-18(13-16)14-19(24(29)26-23)15-27(20-8-10-22(33-2)11-9-20)25(30)17-4-6-21(7-5-17)28(31)32/h3-14H,15H2,1-2H3,(H,26,29). The number of aromatic nitrogens is 1. The van der Waals surface area contributed by atoms with Crippen molar-refractivity contribution in [2.45, 2.75) is 13.5 Å². The zero-order valence-electron chi connectivity index (χ0n) is 18.1. The van der Waals surface area contributed by atoms with Crippen molar-refractivity contribution in [3.8, 4) is 5.75 Å². The predicted molar refractivity (Wildman–Crippen MR) is 126 cm³/mol. The SMILES string of the molecule is COc1ccc(N(Cc2cc3cc(C)ccc3[nH]c2=O)C(=O)c2ccc([N+](=O)[O-])cc2)cc1. The van der Waals surface area contributed by atoms with E-state index in [2.05, 4.69) is 4.98 Å².